The van der Waals surface area contributed by atoms with Crippen molar-refractivity contribution in [3.8, 4) is 0 Å². The Morgan fingerprint density at radius 1 is 1.00 bits per heavy atom. The molecule has 1 rings (SSSR count). The van der Waals surface area contributed by atoms with Crippen molar-refractivity contribution in [1.82, 2.24) is 5.32 Å². The van der Waals surface area contributed by atoms with E-state index >= 15 is 0 Å². The fraction of sp³-hybridized carbons (Fsp3) is 0.619. The Morgan fingerprint density at radius 2 is 1.56 bits per heavy atom. The Balaban J connectivity index is 2.88. The van der Waals surface area contributed by atoms with E-state index in [9.17, 15) is 4.79 Å². The fourth-order valence-corrected chi connectivity index (χ4v) is 2.54. The minimum absolute atomic E-state index is 0.159. The lowest BCUT2D eigenvalue weighted by Crippen LogP contribution is -2.49. The molecule has 1 unspecified atom stereocenters. The molecular weight excluding hydrogens is 360 g/mol. The highest BCUT2D eigenvalue weighted by atomic mass is 32.1. The molecule has 27 heavy (non-hydrogen) atoms. The molecule has 0 saturated carbocycles. The molecule has 0 aliphatic rings. The van der Waals surface area contributed by atoms with Crippen molar-refractivity contribution in [3.05, 3.63) is 28.8 Å². The molecule has 152 valence electrons. The summed E-state index contributed by atoms with van der Waals surface area (Å²) >= 11 is 5.43. The van der Waals surface area contributed by atoms with Gasteiger partial charge in [-0.05, 0) is 97.3 Å². The predicted molar refractivity (Wildman–Crippen MR) is 115 cm³/mol. The number of aryl methyl sites for hydroxylation is 3. The molecule has 0 radical (unpaired) electrons. The van der Waals surface area contributed by atoms with Crippen LogP contribution in [-0.4, -0.2) is 34.9 Å². The van der Waals surface area contributed by atoms with Gasteiger partial charge in [-0.15, -0.1) is 0 Å². The molecule has 2 N–H and O–H groups in total. The van der Waals surface area contributed by atoms with Gasteiger partial charge in [-0.1, -0.05) is 6.07 Å². The van der Waals surface area contributed by atoms with Gasteiger partial charge in [0.15, 0.2) is 5.11 Å². The normalized spacial score (nSPS) is 13.1. The Labute approximate surface area is 169 Å². The highest BCUT2D eigenvalue weighted by molar-refractivity contribution is 7.80. The zero-order valence-electron chi connectivity index (χ0n) is 18.1. The number of nitrogens with one attached hydrogen (secondary N) is 2. The Bertz CT molecular complexity index is 688. The molecule has 0 saturated heterocycles. The summed E-state index contributed by atoms with van der Waals surface area (Å²) in [6, 6.07) is 3.46. The first-order valence-electron chi connectivity index (χ1n) is 9.20. The van der Waals surface area contributed by atoms with Crippen molar-refractivity contribution in [2.75, 3.05) is 11.9 Å². The van der Waals surface area contributed by atoms with Gasteiger partial charge in [-0.2, -0.15) is 0 Å². The number of rotatable bonds is 5. The standard InChI is InChI=1S/C21H34N2O3S/c1-13-10-15(3)16(11-14(13)2)22-19(27)23-17(12-25-20(4,5)6)18(24)26-21(7,8)9/h10-11,17H,12H2,1-9H3,(H2,22,23,27). The van der Waals surface area contributed by atoms with Crippen LogP contribution in [0.3, 0.4) is 0 Å². The van der Waals surface area contributed by atoms with Crippen LogP contribution in [0.25, 0.3) is 0 Å². The van der Waals surface area contributed by atoms with Crippen LogP contribution in [0.2, 0.25) is 0 Å². The maximum atomic E-state index is 12.6. The summed E-state index contributed by atoms with van der Waals surface area (Å²) in [5.41, 5.74) is 3.44. The average molecular weight is 395 g/mol. The van der Waals surface area contributed by atoms with Crippen molar-refractivity contribution in [3.63, 3.8) is 0 Å². The second-order valence-corrected chi connectivity index (χ2v) is 9.27. The van der Waals surface area contributed by atoms with Crippen LogP contribution in [0.4, 0.5) is 5.69 Å². The van der Waals surface area contributed by atoms with Crippen molar-refractivity contribution in [2.24, 2.45) is 0 Å². The quantitative estimate of drug-likeness (QED) is 0.569. The van der Waals surface area contributed by atoms with Gasteiger partial charge in [0.25, 0.3) is 0 Å². The summed E-state index contributed by atoms with van der Waals surface area (Å²) < 4.78 is 11.3. The summed E-state index contributed by atoms with van der Waals surface area (Å²) in [5, 5.41) is 6.58. The molecule has 0 spiro atoms. The van der Waals surface area contributed by atoms with Gasteiger partial charge >= 0.3 is 5.97 Å². The molecule has 0 bridgehead atoms. The Hall–Kier alpha value is -1.66. The number of benzene rings is 1. The number of thiocarbonyl (C=S) groups is 1. The minimum Gasteiger partial charge on any atom is -0.458 e. The Morgan fingerprint density at radius 3 is 2.07 bits per heavy atom. The molecule has 0 aromatic heterocycles. The van der Waals surface area contributed by atoms with Gasteiger partial charge in [-0.3, -0.25) is 0 Å². The largest absolute Gasteiger partial charge is 0.458 e. The summed E-state index contributed by atoms with van der Waals surface area (Å²) in [7, 11) is 0. The van der Waals surface area contributed by atoms with Crippen molar-refractivity contribution >= 4 is 29.0 Å². The highest BCUT2D eigenvalue weighted by Crippen LogP contribution is 2.20. The van der Waals surface area contributed by atoms with Crippen LogP contribution >= 0.6 is 12.2 Å². The number of esters is 1. The van der Waals surface area contributed by atoms with Crippen LogP contribution in [0, 0.1) is 20.8 Å². The summed E-state index contributed by atoms with van der Waals surface area (Å²) in [6.07, 6.45) is 0. The number of hydrogen-bond donors (Lipinski definition) is 2. The second-order valence-electron chi connectivity index (χ2n) is 8.86. The lowest BCUT2D eigenvalue weighted by Gasteiger charge is -2.28. The smallest absolute Gasteiger partial charge is 0.331 e. The van der Waals surface area contributed by atoms with E-state index in [4.69, 9.17) is 21.7 Å². The topological polar surface area (TPSA) is 59.6 Å². The number of ether oxygens (including phenoxy) is 2. The van der Waals surface area contributed by atoms with E-state index in [1.165, 1.54) is 11.1 Å². The summed E-state index contributed by atoms with van der Waals surface area (Å²) in [6.45, 7) is 17.6. The van der Waals surface area contributed by atoms with E-state index in [0.717, 1.165) is 11.3 Å². The molecular formula is C21H34N2O3S. The molecule has 1 aromatic carbocycles. The Kier molecular flexibility index (Phi) is 7.81. The first-order chi connectivity index (χ1) is 12.2. The van der Waals surface area contributed by atoms with Crippen LogP contribution < -0.4 is 10.6 Å². The summed E-state index contributed by atoms with van der Waals surface area (Å²) in [5.74, 6) is -0.396. The van der Waals surface area contributed by atoms with Gasteiger partial charge in [0.1, 0.15) is 11.6 Å². The molecule has 6 heteroatoms. The number of anilines is 1. The van der Waals surface area contributed by atoms with Crippen molar-refractivity contribution < 1.29 is 14.3 Å². The van der Waals surface area contributed by atoms with Crippen LogP contribution in [0.1, 0.15) is 58.2 Å². The first-order valence-corrected chi connectivity index (χ1v) is 9.61. The van der Waals surface area contributed by atoms with E-state index in [1.54, 1.807) is 0 Å². The molecule has 1 aromatic rings. The van der Waals surface area contributed by atoms with Gasteiger partial charge in [-0.25, -0.2) is 4.79 Å². The van der Waals surface area contributed by atoms with E-state index in [2.05, 4.69) is 30.5 Å². The average Bonchev–Trinajstić information content (AvgIpc) is 2.46. The molecule has 0 heterocycles. The monoisotopic (exact) mass is 394 g/mol. The highest BCUT2D eigenvalue weighted by Gasteiger charge is 2.28. The van der Waals surface area contributed by atoms with Gasteiger partial charge in [0, 0.05) is 5.69 Å². The zero-order valence-corrected chi connectivity index (χ0v) is 18.9. The number of hydrogen-bond acceptors (Lipinski definition) is 4. The maximum Gasteiger partial charge on any atom is 0.331 e. The van der Waals surface area contributed by atoms with Gasteiger partial charge in [0.2, 0.25) is 0 Å². The molecule has 0 fully saturated rings. The maximum absolute atomic E-state index is 12.6. The second kappa shape index (κ2) is 9.02. The third kappa shape index (κ3) is 8.71. The van der Waals surface area contributed by atoms with E-state index in [0.29, 0.717) is 5.11 Å². The van der Waals surface area contributed by atoms with E-state index in [1.807, 2.05) is 54.5 Å². The third-order valence-electron chi connectivity index (χ3n) is 3.77. The number of carbonyl (C=O) groups is 1. The molecule has 1 atom stereocenters. The number of carbonyl (C=O) groups excluding carboxylic acids is 1. The first kappa shape index (κ1) is 23.4. The minimum atomic E-state index is -0.699. The van der Waals surface area contributed by atoms with E-state index in [-0.39, 0.29) is 12.2 Å². The van der Waals surface area contributed by atoms with Crippen molar-refractivity contribution in [1.29, 1.82) is 0 Å². The molecule has 5 nitrogen and oxygen atoms in total. The molecule has 0 aliphatic heterocycles. The third-order valence-corrected chi connectivity index (χ3v) is 3.99. The molecule has 0 aliphatic carbocycles. The van der Waals surface area contributed by atoms with Crippen LogP contribution in [0.5, 0.6) is 0 Å². The summed E-state index contributed by atoms with van der Waals surface area (Å²) in [4.78, 5) is 12.6. The molecule has 0 amide bonds. The lowest BCUT2D eigenvalue weighted by molar-refractivity contribution is -0.159. The predicted octanol–water partition coefficient (Wildman–Crippen LogP) is 4.42. The van der Waals surface area contributed by atoms with Crippen LogP contribution in [0.15, 0.2) is 12.1 Å². The van der Waals surface area contributed by atoms with Gasteiger partial charge in [0.05, 0.1) is 12.2 Å². The van der Waals surface area contributed by atoms with E-state index < -0.39 is 17.6 Å². The SMILES string of the molecule is Cc1cc(C)c(NC(=S)NC(COC(C)(C)C)C(=O)OC(C)(C)C)cc1C. The fourth-order valence-electron chi connectivity index (χ4n) is 2.29. The lowest BCUT2D eigenvalue weighted by atomic mass is 10.1. The van der Waals surface area contributed by atoms with Crippen LogP contribution in [-0.2, 0) is 14.3 Å². The van der Waals surface area contributed by atoms with Gasteiger partial charge < -0.3 is 20.1 Å². The van der Waals surface area contributed by atoms with Crippen molar-refractivity contribution in [2.45, 2.75) is 79.6 Å². The zero-order chi connectivity index (χ0) is 21.0.